The number of hydrogen-bond donors (Lipinski definition) is 2. The Morgan fingerprint density at radius 1 is 1.00 bits per heavy atom. The third-order valence-corrected chi connectivity index (χ3v) is 5.85. The quantitative estimate of drug-likeness (QED) is 0.644. The Labute approximate surface area is 169 Å². The van der Waals surface area contributed by atoms with Crippen molar-refractivity contribution in [1.29, 1.82) is 0 Å². The van der Waals surface area contributed by atoms with Crippen LogP contribution in [-0.2, 0) is 21.2 Å². The van der Waals surface area contributed by atoms with Gasteiger partial charge < -0.3 is 9.47 Å². The fourth-order valence-corrected chi connectivity index (χ4v) is 3.37. The maximum Gasteiger partial charge on any atom is 0.269 e. The molecule has 0 saturated heterocycles. The molecule has 0 aliphatic heterocycles. The highest BCUT2D eigenvalue weighted by molar-refractivity contribution is 7.89. The number of nitrogens with one attached hydrogen (secondary N) is 2. The first-order chi connectivity index (χ1) is 13.7. The SMILES string of the molecule is COc1ccc(CC(=O)NNC(=O)c2cccc(S(=O)(=O)N(C)C)c2)c(OC)c1. The van der Waals surface area contributed by atoms with Crippen molar-refractivity contribution in [1.82, 2.24) is 15.2 Å². The Morgan fingerprint density at radius 2 is 1.72 bits per heavy atom. The Balaban J connectivity index is 2.04. The van der Waals surface area contributed by atoms with Crippen molar-refractivity contribution < 1.29 is 27.5 Å². The van der Waals surface area contributed by atoms with Gasteiger partial charge in [0.25, 0.3) is 5.91 Å². The van der Waals surface area contributed by atoms with Crippen LogP contribution in [0, 0.1) is 0 Å². The van der Waals surface area contributed by atoms with Crippen molar-refractivity contribution in [2.24, 2.45) is 0 Å². The van der Waals surface area contributed by atoms with Crippen molar-refractivity contribution >= 4 is 21.8 Å². The van der Waals surface area contributed by atoms with Gasteiger partial charge in [-0.3, -0.25) is 20.4 Å². The Bertz CT molecular complexity index is 1000. The second kappa shape index (κ2) is 9.39. The lowest BCUT2D eigenvalue weighted by Gasteiger charge is -2.13. The van der Waals surface area contributed by atoms with Crippen molar-refractivity contribution in [2.75, 3.05) is 28.3 Å². The molecule has 0 heterocycles. The van der Waals surface area contributed by atoms with Gasteiger partial charge in [-0.25, -0.2) is 12.7 Å². The molecule has 0 aliphatic carbocycles. The number of methoxy groups -OCH3 is 2. The Hall–Kier alpha value is -3.11. The average molecular weight is 421 g/mol. The minimum absolute atomic E-state index is 0.0237. The van der Waals surface area contributed by atoms with E-state index < -0.39 is 21.8 Å². The molecule has 2 rings (SSSR count). The van der Waals surface area contributed by atoms with Crippen LogP contribution in [0.25, 0.3) is 0 Å². The second-order valence-electron chi connectivity index (χ2n) is 6.17. The summed E-state index contributed by atoms with van der Waals surface area (Å²) in [6.45, 7) is 0. The monoisotopic (exact) mass is 421 g/mol. The summed E-state index contributed by atoms with van der Waals surface area (Å²) >= 11 is 0. The molecule has 0 radical (unpaired) electrons. The third kappa shape index (κ3) is 5.46. The molecule has 0 atom stereocenters. The Morgan fingerprint density at radius 3 is 2.34 bits per heavy atom. The molecular formula is C19H23N3O6S. The molecular weight excluding hydrogens is 398 g/mol. The highest BCUT2D eigenvalue weighted by Gasteiger charge is 2.19. The summed E-state index contributed by atoms with van der Waals surface area (Å²) < 4.78 is 35.8. The first-order valence-electron chi connectivity index (χ1n) is 8.51. The van der Waals surface area contributed by atoms with Crippen LogP contribution >= 0.6 is 0 Å². The maximum atomic E-state index is 12.3. The van der Waals surface area contributed by atoms with E-state index in [0.29, 0.717) is 17.1 Å². The number of hydrogen-bond acceptors (Lipinski definition) is 6. The number of carbonyl (C=O) groups excluding carboxylic acids is 2. The average Bonchev–Trinajstić information content (AvgIpc) is 2.72. The molecule has 0 fully saturated rings. The summed E-state index contributed by atoms with van der Waals surface area (Å²) in [5.41, 5.74) is 5.28. The van der Waals surface area contributed by atoms with Crippen LogP contribution in [0.1, 0.15) is 15.9 Å². The van der Waals surface area contributed by atoms with E-state index in [1.54, 1.807) is 18.2 Å². The highest BCUT2D eigenvalue weighted by atomic mass is 32.2. The zero-order chi connectivity index (χ0) is 21.6. The zero-order valence-corrected chi connectivity index (χ0v) is 17.4. The van der Waals surface area contributed by atoms with Gasteiger partial charge in [-0.05, 0) is 24.3 Å². The van der Waals surface area contributed by atoms with Gasteiger partial charge in [0.2, 0.25) is 15.9 Å². The number of sulfonamides is 1. The maximum absolute atomic E-state index is 12.3. The number of rotatable bonds is 7. The van der Waals surface area contributed by atoms with Gasteiger partial charge in [-0.1, -0.05) is 12.1 Å². The molecule has 29 heavy (non-hydrogen) atoms. The summed E-state index contributed by atoms with van der Waals surface area (Å²) in [5, 5.41) is 0. The van der Waals surface area contributed by atoms with Gasteiger partial charge in [-0.2, -0.15) is 0 Å². The molecule has 0 saturated carbocycles. The summed E-state index contributed by atoms with van der Waals surface area (Å²) in [6, 6.07) is 10.6. The summed E-state index contributed by atoms with van der Waals surface area (Å²) in [4.78, 5) is 24.4. The standard InChI is InChI=1S/C19H23N3O6S/c1-22(2)29(25,26)16-7-5-6-14(10-16)19(24)21-20-18(23)11-13-8-9-15(27-3)12-17(13)28-4/h5-10,12H,11H2,1-4H3,(H,20,23)(H,21,24). The van der Waals surface area contributed by atoms with Crippen LogP contribution in [0.5, 0.6) is 11.5 Å². The lowest BCUT2D eigenvalue weighted by molar-refractivity contribution is -0.121. The topological polar surface area (TPSA) is 114 Å². The third-order valence-electron chi connectivity index (χ3n) is 4.04. The lowest BCUT2D eigenvalue weighted by atomic mass is 10.1. The van der Waals surface area contributed by atoms with E-state index in [1.165, 1.54) is 52.6 Å². The number of hydrazine groups is 1. The molecule has 10 heteroatoms. The van der Waals surface area contributed by atoms with E-state index in [1.807, 2.05) is 0 Å². The van der Waals surface area contributed by atoms with Crippen LogP contribution in [0.4, 0.5) is 0 Å². The molecule has 0 aliphatic rings. The Kier molecular flexibility index (Phi) is 7.18. The van der Waals surface area contributed by atoms with E-state index in [-0.39, 0.29) is 16.9 Å². The van der Waals surface area contributed by atoms with E-state index >= 15 is 0 Å². The first-order valence-corrected chi connectivity index (χ1v) is 9.95. The molecule has 0 spiro atoms. The predicted molar refractivity (Wildman–Crippen MR) is 106 cm³/mol. The minimum atomic E-state index is -3.68. The fraction of sp³-hybridized carbons (Fsp3) is 0.263. The number of amides is 2. The van der Waals surface area contributed by atoms with Gasteiger partial charge in [-0.15, -0.1) is 0 Å². The van der Waals surface area contributed by atoms with E-state index in [9.17, 15) is 18.0 Å². The fourth-order valence-electron chi connectivity index (χ4n) is 2.42. The largest absolute Gasteiger partial charge is 0.497 e. The normalized spacial score (nSPS) is 11.1. The molecule has 9 nitrogen and oxygen atoms in total. The predicted octanol–water partition coefficient (Wildman–Crippen LogP) is 0.958. The summed E-state index contributed by atoms with van der Waals surface area (Å²) in [6.07, 6.45) is -0.0392. The lowest BCUT2D eigenvalue weighted by Crippen LogP contribution is -2.42. The minimum Gasteiger partial charge on any atom is -0.497 e. The van der Waals surface area contributed by atoms with Crippen molar-refractivity contribution in [2.45, 2.75) is 11.3 Å². The zero-order valence-electron chi connectivity index (χ0n) is 16.6. The van der Waals surface area contributed by atoms with Crippen LogP contribution in [0.3, 0.4) is 0 Å². The van der Waals surface area contributed by atoms with Crippen LogP contribution in [0.2, 0.25) is 0 Å². The van der Waals surface area contributed by atoms with Gasteiger partial charge >= 0.3 is 0 Å². The van der Waals surface area contributed by atoms with Gasteiger partial charge in [0, 0.05) is 31.3 Å². The van der Waals surface area contributed by atoms with Gasteiger partial charge in [0.1, 0.15) is 11.5 Å². The molecule has 156 valence electrons. The van der Waals surface area contributed by atoms with Crippen molar-refractivity contribution in [3.05, 3.63) is 53.6 Å². The molecule has 0 aromatic heterocycles. The summed E-state index contributed by atoms with van der Waals surface area (Å²) in [5.74, 6) is -0.0472. The second-order valence-corrected chi connectivity index (χ2v) is 8.32. The number of carbonyl (C=O) groups is 2. The molecule has 0 bridgehead atoms. The highest BCUT2D eigenvalue weighted by Crippen LogP contribution is 2.24. The van der Waals surface area contributed by atoms with Gasteiger partial charge in [0.15, 0.2) is 0 Å². The van der Waals surface area contributed by atoms with Crippen LogP contribution in [-0.4, -0.2) is 52.9 Å². The van der Waals surface area contributed by atoms with Crippen LogP contribution < -0.4 is 20.3 Å². The van der Waals surface area contributed by atoms with E-state index in [4.69, 9.17) is 9.47 Å². The van der Waals surface area contributed by atoms with Crippen molar-refractivity contribution in [3.8, 4) is 11.5 Å². The molecule has 2 aromatic carbocycles. The number of ether oxygens (including phenoxy) is 2. The first kappa shape index (κ1) is 22.2. The molecule has 2 amide bonds. The summed E-state index contributed by atoms with van der Waals surface area (Å²) in [7, 11) is 2.12. The van der Waals surface area contributed by atoms with Crippen molar-refractivity contribution in [3.63, 3.8) is 0 Å². The molecule has 2 aromatic rings. The number of nitrogens with zero attached hydrogens (tertiary/aromatic N) is 1. The van der Waals surface area contributed by atoms with Gasteiger partial charge in [0.05, 0.1) is 25.5 Å². The number of benzene rings is 2. The van der Waals surface area contributed by atoms with Crippen LogP contribution in [0.15, 0.2) is 47.4 Å². The molecule has 0 unspecified atom stereocenters. The smallest absolute Gasteiger partial charge is 0.269 e. The van der Waals surface area contributed by atoms with E-state index in [0.717, 1.165) is 4.31 Å². The van der Waals surface area contributed by atoms with E-state index in [2.05, 4.69) is 10.9 Å². The molecule has 2 N–H and O–H groups in total.